The molecule has 0 radical (unpaired) electrons. The maximum atomic E-state index is 12.9. The zero-order valence-corrected chi connectivity index (χ0v) is 17.2. The van der Waals surface area contributed by atoms with Gasteiger partial charge < -0.3 is 19.4 Å². The number of carbonyl (C=O) groups excluding carboxylic acids is 1. The first kappa shape index (κ1) is 19.4. The molecule has 4 rings (SSSR count). The van der Waals surface area contributed by atoms with E-state index >= 15 is 0 Å². The standard InChI is InChI=1S/C21H28N6O2/c1-16-15-18(25-9-4-3-5-10-25)24-21(23-16)27-13-11-26(12-14-27)20(28)17-7-6-8-22-19(17)29-2/h6-8,15H,3-5,9-14H2,1-2H3. The van der Waals surface area contributed by atoms with Gasteiger partial charge in [-0.3, -0.25) is 4.79 Å². The smallest absolute Gasteiger partial charge is 0.259 e. The molecule has 8 heteroatoms. The van der Waals surface area contributed by atoms with Crippen LogP contribution in [0.4, 0.5) is 11.8 Å². The summed E-state index contributed by atoms with van der Waals surface area (Å²) in [6.45, 7) is 6.79. The molecule has 4 heterocycles. The Bertz CT molecular complexity index is 860. The molecular formula is C21H28N6O2. The van der Waals surface area contributed by atoms with E-state index in [0.29, 0.717) is 37.6 Å². The number of carbonyl (C=O) groups is 1. The first-order valence-corrected chi connectivity index (χ1v) is 10.3. The van der Waals surface area contributed by atoms with Crippen LogP contribution in [-0.4, -0.2) is 72.1 Å². The molecule has 29 heavy (non-hydrogen) atoms. The van der Waals surface area contributed by atoms with E-state index in [4.69, 9.17) is 9.72 Å². The summed E-state index contributed by atoms with van der Waals surface area (Å²) in [6, 6.07) is 5.59. The second-order valence-corrected chi connectivity index (χ2v) is 7.55. The second-order valence-electron chi connectivity index (χ2n) is 7.55. The van der Waals surface area contributed by atoms with E-state index in [0.717, 1.165) is 30.5 Å². The molecule has 2 fully saturated rings. The summed E-state index contributed by atoms with van der Waals surface area (Å²) in [7, 11) is 1.53. The number of methoxy groups -OCH3 is 1. The Labute approximate surface area is 171 Å². The van der Waals surface area contributed by atoms with Crippen LogP contribution in [-0.2, 0) is 0 Å². The van der Waals surface area contributed by atoms with Crippen LogP contribution < -0.4 is 14.5 Å². The van der Waals surface area contributed by atoms with Gasteiger partial charge in [-0.25, -0.2) is 9.97 Å². The van der Waals surface area contributed by atoms with Crippen LogP contribution in [0.25, 0.3) is 0 Å². The van der Waals surface area contributed by atoms with Gasteiger partial charge in [-0.1, -0.05) is 0 Å². The first-order valence-electron chi connectivity index (χ1n) is 10.3. The molecule has 0 unspecified atom stereocenters. The minimum Gasteiger partial charge on any atom is -0.480 e. The van der Waals surface area contributed by atoms with Gasteiger partial charge >= 0.3 is 0 Å². The highest BCUT2D eigenvalue weighted by molar-refractivity contribution is 5.96. The van der Waals surface area contributed by atoms with E-state index in [1.165, 1.54) is 26.4 Å². The Kier molecular flexibility index (Phi) is 5.78. The van der Waals surface area contributed by atoms with Gasteiger partial charge in [-0.05, 0) is 38.3 Å². The number of rotatable bonds is 4. The van der Waals surface area contributed by atoms with Gasteiger partial charge in [-0.2, -0.15) is 4.98 Å². The summed E-state index contributed by atoms with van der Waals surface area (Å²) in [5.41, 5.74) is 1.48. The Balaban J connectivity index is 1.44. The molecule has 0 N–H and O–H groups in total. The van der Waals surface area contributed by atoms with Gasteiger partial charge in [0.15, 0.2) is 0 Å². The van der Waals surface area contributed by atoms with Crippen molar-refractivity contribution in [2.45, 2.75) is 26.2 Å². The molecule has 0 spiro atoms. The molecule has 2 aliphatic heterocycles. The Morgan fingerprint density at radius 2 is 1.76 bits per heavy atom. The summed E-state index contributed by atoms with van der Waals surface area (Å²) in [4.78, 5) is 32.9. The predicted molar refractivity (Wildman–Crippen MR) is 112 cm³/mol. The lowest BCUT2D eigenvalue weighted by Gasteiger charge is -2.35. The SMILES string of the molecule is COc1ncccc1C(=O)N1CCN(c2nc(C)cc(N3CCCCC3)n2)CC1. The first-order chi connectivity index (χ1) is 14.2. The molecule has 1 amide bonds. The topological polar surface area (TPSA) is 74.7 Å². The maximum Gasteiger partial charge on any atom is 0.259 e. The van der Waals surface area contributed by atoms with Gasteiger partial charge in [-0.15, -0.1) is 0 Å². The van der Waals surface area contributed by atoms with Crippen LogP contribution in [0.1, 0.15) is 35.3 Å². The molecule has 8 nitrogen and oxygen atoms in total. The average molecular weight is 396 g/mol. The highest BCUT2D eigenvalue weighted by Gasteiger charge is 2.26. The summed E-state index contributed by atoms with van der Waals surface area (Å²) in [5.74, 6) is 2.10. The molecule has 0 aliphatic carbocycles. The van der Waals surface area contributed by atoms with Crippen molar-refractivity contribution < 1.29 is 9.53 Å². The minimum atomic E-state index is -0.0474. The average Bonchev–Trinajstić information content (AvgIpc) is 2.79. The molecule has 0 saturated carbocycles. The normalized spacial score (nSPS) is 17.4. The molecule has 2 aromatic heterocycles. The number of amides is 1. The van der Waals surface area contributed by atoms with E-state index in [2.05, 4.69) is 25.8 Å². The molecule has 0 aromatic carbocycles. The number of aromatic nitrogens is 3. The molecule has 2 saturated heterocycles. The lowest BCUT2D eigenvalue weighted by Crippen LogP contribution is -2.49. The van der Waals surface area contributed by atoms with Gasteiger partial charge in [0, 0.05) is 57.2 Å². The van der Waals surface area contributed by atoms with Crippen molar-refractivity contribution in [2.24, 2.45) is 0 Å². The summed E-state index contributed by atoms with van der Waals surface area (Å²) in [5, 5.41) is 0. The highest BCUT2D eigenvalue weighted by Crippen LogP contribution is 2.23. The fourth-order valence-electron chi connectivity index (χ4n) is 3.96. The zero-order chi connectivity index (χ0) is 20.2. The number of hydrogen-bond acceptors (Lipinski definition) is 7. The summed E-state index contributed by atoms with van der Waals surface area (Å²) < 4.78 is 5.24. The van der Waals surface area contributed by atoms with Gasteiger partial charge in [0.25, 0.3) is 5.91 Å². The third-order valence-electron chi connectivity index (χ3n) is 5.55. The molecule has 2 aliphatic rings. The van der Waals surface area contributed by atoms with Crippen molar-refractivity contribution in [1.29, 1.82) is 0 Å². The Hall–Kier alpha value is -2.90. The third-order valence-corrected chi connectivity index (χ3v) is 5.55. The van der Waals surface area contributed by atoms with Crippen molar-refractivity contribution in [3.05, 3.63) is 35.7 Å². The fraction of sp³-hybridized carbons (Fsp3) is 0.524. The lowest BCUT2D eigenvalue weighted by molar-refractivity contribution is 0.0742. The predicted octanol–water partition coefficient (Wildman–Crippen LogP) is 2.14. The van der Waals surface area contributed by atoms with E-state index in [1.54, 1.807) is 18.3 Å². The minimum absolute atomic E-state index is 0.0474. The number of aryl methyl sites for hydroxylation is 1. The zero-order valence-electron chi connectivity index (χ0n) is 17.2. The van der Waals surface area contributed by atoms with E-state index in [9.17, 15) is 4.79 Å². The second kappa shape index (κ2) is 8.63. The number of piperazine rings is 1. The number of pyridine rings is 1. The van der Waals surface area contributed by atoms with Crippen molar-refractivity contribution in [3.63, 3.8) is 0 Å². The van der Waals surface area contributed by atoms with Crippen molar-refractivity contribution >= 4 is 17.7 Å². The summed E-state index contributed by atoms with van der Waals surface area (Å²) in [6.07, 6.45) is 5.36. The Morgan fingerprint density at radius 1 is 1.00 bits per heavy atom. The van der Waals surface area contributed by atoms with Crippen molar-refractivity contribution in [3.8, 4) is 5.88 Å². The largest absolute Gasteiger partial charge is 0.480 e. The number of hydrogen-bond donors (Lipinski definition) is 0. The molecular weight excluding hydrogens is 368 g/mol. The van der Waals surface area contributed by atoms with Gasteiger partial charge in [0.05, 0.1) is 7.11 Å². The van der Waals surface area contributed by atoms with Crippen LogP contribution in [0, 0.1) is 6.92 Å². The van der Waals surface area contributed by atoms with Crippen LogP contribution in [0.3, 0.4) is 0 Å². The molecule has 154 valence electrons. The molecule has 0 atom stereocenters. The van der Waals surface area contributed by atoms with Gasteiger partial charge in [0.2, 0.25) is 11.8 Å². The van der Waals surface area contributed by atoms with E-state index < -0.39 is 0 Å². The summed E-state index contributed by atoms with van der Waals surface area (Å²) >= 11 is 0. The van der Waals surface area contributed by atoms with E-state index in [1.807, 2.05) is 11.8 Å². The highest BCUT2D eigenvalue weighted by atomic mass is 16.5. The number of anilines is 2. The monoisotopic (exact) mass is 396 g/mol. The van der Waals surface area contributed by atoms with E-state index in [-0.39, 0.29) is 5.91 Å². The Morgan fingerprint density at radius 3 is 2.48 bits per heavy atom. The number of nitrogens with zero attached hydrogens (tertiary/aromatic N) is 6. The van der Waals surface area contributed by atoms with Crippen LogP contribution in [0.2, 0.25) is 0 Å². The van der Waals surface area contributed by atoms with Crippen LogP contribution in [0.15, 0.2) is 24.4 Å². The van der Waals surface area contributed by atoms with Crippen LogP contribution >= 0.6 is 0 Å². The van der Waals surface area contributed by atoms with Gasteiger partial charge in [0.1, 0.15) is 11.4 Å². The number of ether oxygens (including phenoxy) is 1. The molecule has 2 aromatic rings. The van der Waals surface area contributed by atoms with Crippen LogP contribution in [0.5, 0.6) is 5.88 Å². The maximum absolute atomic E-state index is 12.9. The number of piperidine rings is 1. The molecule has 0 bridgehead atoms. The third kappa shape index (κ3) is 4.26. The fourth-order valence-corrected chi connectivity index (χ4v) is 3.96. The lowest BCUT2D eigenvalue weighted by atomic mass is 10.1. The quantitative estimate of drug-likeness (QED) is 0.784. The van der Waals surface area contributed by atoms with Crippen molar-refractivity contribution in [2.75, 3.05) is 56.2 Å². The van der Waals surface area contributed by atoms with Crippen molar-refractivity contribution in [1.82, 2.24) is 19.9 Å².